The van der Waals surface area contributed by atoms with E-state index in [2.05, 4.69) is 0 Å². The first-order chi connectivity index (χ1) is 3.63. The lowest BCUT2D eigenvalue weighted by Crippen LogP contribution is -2.40. The fourth-order valence-corrected chi connectivity index (χ4v) is 1.18. The number of nitrogens with two attached hydrogens (primary N) is 1. The van der Waals surface area contributed by atoms with Gasteiger partial charge in [-0.15, -0.1) is 0 Å². The molecule has 2 nitrogen and oxygen atoms in total. The molecule has 0 bridgehead atoms. The van der Waals surface area contributed by atoms with Crippen LogP contribution in [0.3, 0.4) is 0 Å². The summed E-state index contributed by atoms with van der Waals surface area (Å²) >= 11 is 0. The predicted octanol–water partition coefficient (Wildman–Crippen LogP) is 0.249. The van der Waals surface area contributed by atoms with Crippen LogP contribution in [0.15, 0.2) is 0 Å². The largest absolute Gasteiger partial charge is 0.389 e. The summed E-state index contributed by atoms with van der Waals surface area (Å²) < 4.78 is 0. The molecule has 0 aliphatic heterocycles. The number of rotatable bonds is 0. The molecule has 0 aromatic carbocycles. The average molecular weight is 115 g/mol. The molecule has 1 aliphatic rings. The second-order valence-electron chi connectivity index (χ2n) is 2.86. The van der Waals surface area contributed by atoms with Crippen LogP contribution in [-0.4, -0.2) is 16.7 Å². The van der Waals surface area contributed by atoms with Crippen LogP contribution in [-0.2, 0) is 0 Å². The molecule has 48 valence electrons. The molecule has 1 aliphatic carbocycles. The van der Waals surface area contributed by atoms with Crippen LogP contribution in [0.1, 0.15) is 26.2 Å². The van der Waals surface area contributed by atoms with Crippen molar-refractivity contribution in [2.45, 2.75) is 37.8 Å². The summed E-state index contributed by atoms with van der Waals surface area (Å²) in [5.74, 6) is 0. The molecule has 0 spiro atoms. The normalized spacial score (nSPS) is 47.6. The van der Waals surface area contributed by atoms with Crippen molar-refractivity contribution in [1.29, 1.82) is 0 Å². The molecule has 1 rings (SSSR count). The van der Waals surface area contributed by atoms with E-state index in [0.717, 1.165) is 19.3 Å². The number of aliphatic hydroxyl groups is 1. The van der Waals surface area contributed by atoms with E-state index in [1.54, 1.807) is 0 Å². The van der Waals surface area contributed by atoms with Crippen molar-refractivity contribution < 1.29 is 5.11 Å². The molecule has 0 aromatic rings. The Morgan fingerprint density at radius 1 is 1.75 bits per heavy atom. The van der Waals surface area contributed by atoms with Gasteiger partial charge in [-0.25, -0.2) is 0 Å². The van der Waals surface area contributed by atoms with E-state index < -0.39 is 5.60 Å². The minimum atomic E-state index is -0.569. The molecule has 1 saturated carbocycles. The SMILES string of the molecule is CC1(O)CCC[C@H]1N. The maximum absolute atomic E-state index is 9.34. The Kier molecular flexibility index (Phi) is 1.29. The van der Waals surface area contributed by atoms with E-state index in [0.29, 0.717) is 0 Å². The average Bonchev–Trinajstić information content (AvgIpc) is 1.86. The third-order valence-electron chi connectivity index (χ3n) is 2.00. The standard InChI is InChI=1S/C6H13NO/c1-6(8)4-2-3-5(6)7/h5,8H,2-4,7H2,1H3/t5-,6?/m1/s1. The first kappa shape index (κ1) is 6.05. The van der Waals surface area contributed by atoms with Crippen molar-refractivity contribution in [1.82, 2.24) is 0 Å². The highest BCUT2D eigenvalue weighted by Gasteiger charge is 2.33. The van der Waals surface area contributed by atoms with Crippen LogP contribution < -0.4 is 5.73 Å². The maximum Gasteiger partial charge on any atom is 0.0769 e. The quantitative estimate of drug-likeness (QED) is 0.475. The predicted molar refractivity (Wildman–Crippen MR) is 32.5 cm³/mol. The van der Waals surface area contributed by atoms with E-state index in [9.17, 15) is 5.11 Å². The highest BCUT2D eigenvalue weighted by molar-refractivity contribution is 4.90. The van der Waals surface area contributed by atoms with E-state index in [-0.39, 0.29) is 6.04 Å². The highest BCUT2D eigenvalue weighted by atomic mass is 16.3. The molecule has 0 amide bonds. The fourth-order valence-electron chi connectivity index (χ4n) is 1.18. The Hall–Kier alpha value is -0.0800. The fraction of sp³-hybridized carbons (Fsp3) is 1.00. The van der Waals surface area contributed by atoms with Crippen LogP contribution in [0.25, 0.3) is 0 Å². The molecule has 8 heavy (non-hydrogen) atoms. The molecule has 0 saturated heterocycles. The van der Waals surface area contributed by atoms with Crippen LogP contribution in [0.4, 0.5) is 0 Å². The van der Waals surface area contributed by atoms with Crippen molar-refractivity contribution in [2.24, 2.45) is 5.73 Å². The Bertz CT molecular complexity index is 90.5. The van der Waals surface area contributed by atoms with Gasteiger partial charge in [0.1, 0.15) is 0 Å². The summed E-state index contributed by atoms with van der Waals surface area (Å²) in [7, 11) is 0. The van der Waals surface area contributed by atoms with Gasteiger partial charge in [0.25, 0.3) is 0 Å². The van der Waals surface area contributed by atoms with E-state index >= 15 is 0 Å². The third-order valence-corrected chi connectivity index (χ3v) is 2.00. The van der Waals surface area contributed by atoms with Crippen molar-refractivity contribution in [2.75, 3.05) is 0 Å². The van der Waals surface area contributed by atoms with Crippen molar-refractivity contribution in [3.05, 3.63) is 0 Å². The second-order valence-corrected chi connectivity index (χ2v) is 2.86. The van der Waals surface area contributed by atoms with Gasteiger partial charge in [0.2, 0.25) is 0 Å². The molecule has 1 unspecified atom stereocenters. The van der Waals surface area contributed by atoms with Gasteiger partial charge >= 0.3 is 0 Å². The van der Waals surface area contributed by atoms with Gasteiger partial charge in [-0.05, 0) is 26.2 Å². The molecule has 2 heteroatoms. The molecule has 0 radical (unpaired) electrons. The Balaban J connectivity index is 2.54. The lowest BCUT2D eigenvalue weighted by atomic mass is 10.0. The topological polar surface area (TPSA) is 46.2 Å². The minimum Gasteiger partial charge on any atom is -0.389 e. The number of hydrogen-bond donors (Lipinski definition) is 2. The summed E-state index contributed by atoms with van der Waals surface area (Å²) in [4.78, 5) is 0. The molecular weight excluding hydrogens is 102 g/mol. The lowest BCUT2D eigenvalue weighted by molar-refractivity contribution is 0.0518. The Morgan fingerprint density at radius 2 is 2.38 bits per heavy atom. The van der Waals surface area contributed by atoms with Gasteiger partial charge in [0.05, 0.1) is 5.60 Å². The summed E-state index contributed by atoms with van der Waals surface area (Å²) in [5.41, 5.74) is 4.99. The van der Waals surface area contributed by atoms with E-state index in [1.807, 2.05) is 6.92 Å². The molecular formula is C6H13NO. The monoisotopic (exact) mass is 115 g/mol. The molecule has 3 N–H and O–H groups in total. The van der Waals surface area contributed by atoms with Gasteiger partial charge < -0.3 is 10.8 Å². The number of hydrogen-bond acceptors (Lipinski definition) is 2. The second kappa shape index (κ2) is 1.71. The minimum absolute atomic E-state index is 0.0162. The Morgan fingerprint density at radius 3 is 2.50 bits per heavy atom. The first-order valence-corrected chi connectivity index (χ1v) is 3.11. The highest BCUT2D eigenvalue weighted by Crippen LogP contribution is 2.27. The zero-order valence-electron chi connectivity index (χ0n) is 5.22. The zero-order valence-corrected chi connectivity index (χ0v) is 5.22. The van der Waals surface area contributed by atoms with Crippen molar-refractivity contribution in [3.63, 3.8) is 0 Å². The first-order valence-electron chi connectivity index (χ1n) is 3.11. The van der Waals surface area contributed by atoms with Gasteiger partial charge in [0.15, 0.2) is 0 Å². The lowest BCUT2D eigenvalue weighted by Gasteiger charge is -2.20. The van der Waals surface area contributed by atoms with Gasteiger partial charge in [0, 0.05) is 6.04 Å². The molecule has 1 fully saturated rings. The maximum atomic E-state index is 9.34. The summed E-state index contributed by atoms with van der Waals surface area (Å²) in [6, 6.07) is 0.0162. The van der Waals surface area contributed by atoms with Gasteiger partial charge in [-0.3, -0.25) is 0 Å². The van der Waals surface area contributed by atoms with Crippen LogP contribution in [0, 0.1) is 0 Å². The summed E-state index contributed by atoms with van der Waals surface area (Å²) in [5, 5.41) is 9.34. The van der Waals surface area contributed by atoms with Gasteiger partial charge in [-0.1, -0.05) is 0 Å². The van der Waals surface area contributed by atoms with Crippen molar-refractivity contribution in [3.8, 4) is 0 Å². The van der Waals surface area contributed by atoms with Crippen LogP contribution in [0.5, 0.6) is 0 Å². The zero-order chi connectivity index (χ0) is 6.20. The van der Waals surface area contributed by atoms with Gasteiger partial charge in [-0.2, -0.15) is 0 Å². The Labute approximate surface area is 49.7 Å². The summed E-state index contributed by atoms with van der Waals surface area (Å²) in [6.45, 7) is 1.81. The smallest absolute Gasteiger partial charge is 0.0769 e. The van der Waals surface area contributed by atoms with Crippen LogP contribution in [0.2, 0.25) is 0 Å². The van der Waals surface area contributed by atoms with E-state index in [1.165, 1.54) is 0 Å². The van der Waals surface area contributed by atoms with Crippen molar-refractivity contribution >= 4 is 0 Å². The molecule has 0 aromatic heterocycles. The third kappa shape index (κ3) is 0.858. The van der Waals surface area contributed by atoms with Crippen LogP contribution >= 0.6 is 0 Å². The molecule has 0 heterocycles. The van der Waals surface area contributed by atoms with E-state index in [4.69, 9.17) is 5.73 Å². The molecule has 2 atom stereocenters. The summed E-state index contributed by atoms with van der Waals surface area (Å²) in [6.07, 6.45) is 2.93.